The Morgan fingerprint density at radius 3 is 2.08 bits per heavy atom. The summed E-state index contributed by atoms with van der Waals surface area (Å²) >= 11 is 0. The largest absolute Gasteiger partial charge is 0.354 e. The first kappa shape index (κ1) is 15.2. The highest BCUT2D eigenvalue weighted by Gasteiger charge is 2.34. The van der Waals surface area contributed by atoms with E-state index in [1.54, 1.807) is 0 Å². The molecule has 1 aromatic heterocycles. The van der Waals surface area contributed by atoms with Gasteiger partial charge in [0.15, 0.2) is 0 Å². The van der Waals surface area contributed by atoms with Crippen molar-refractivity contribution in [3.63, 3.8) is 0 Å². The minimum atomic E-state index is -0.744. The van der Waals surface area contributed by atoms with Gasteiger partial charge in [-0.15, -0.1) is 0 Å². The van der Waals surface area contributed by atoms with E-state index in [4.69, 9.17) is 0 Å². The van der Waals surface area contributed by atoms with Crippen molar-refractivity contribution in [3.8, 4) is 17.3 Å². The van der Waals surface area contributed by atoms with E-state index in [1.807, 2.05) is 67.6 Å². The molecule has 0 aliphatic carbocycles. The number of aromatic nitrogens is 1. The average molecular weight is 322 g/mol. The molecule has 0 saturated heterocycles. The molecule has 0 spiro atoms. The van der Waals surface area contributed by atoms with Crippen molar-refractivity contribution in [2.24, 2.45) is 0 Å². The van der Waals surface area contributed by atoms with Crippen LogP contribution in [0.3, 0.4) is 0 Å². The maximum Gasteiger partial charge on any atom is 0.107 e. The van der Waals surface area contributed by atoms with Crippen molar-refractivity contribution in [2.75, 3.05) is 0 Å². The SMILES string of the molecule is CC(C#N)(c1ccccc1)c1c(-c2ccccc2)[nH]c2ccccc12. The Morgan fingerprint density at radius 1 is 0.800 bits per heavy atom. The van der Waals surface area contributed by atoms with Crippen LogP contribution in [0.5, 0.6) is 0 Å². The number of benzene rings is 3. The van der Waals surface area contributed by atoms with Gasteiger partial charge >= 0.3 is 0 Å². The number of nitrogens with one attached hydrogen (secondary N) is 1. The summed E-state index contributed by atoms with van der Waals surface area (Å²) in [6.45, 7) is 2.00. The molecule has 0 amide bonds. The van der Waals surface area contributed by atoms with Gasteiger partial charge in [-0.2, -0.15) is 5.26 Å². The number of fused-ring (bicyclic) bond motifs is 1. The van der Waals surface area contributed by atoms with Crippen LogP contribution in [-0.4, -0.2) is 4.98 Å². The summed E-state index contributed by atoms with van der Waals surface area (Å²) in [6, 6.07) is 31.0. The van der Waals surface area contributed by atoms with Gasteiger partial charge in [0.05, 0.1) is 11.8 Å². The Hall–Kier alpha value is -3.31. The average Bonchev–Trinajstić information content (AvgIpc) is 3.09. The monoisotopic (exact) mass is 322 g/mol. The first-order chi connectivity index (χ1) is 12.2. The molecular weight excluding hydrogens is 304 g/mol. The first-order valence-corrected chi connectivity index (χ1v) is 8.37. The molecule has 1 unspecified atom stereocenters. The molecule has 4 aromatic rings. The number of nitriles is 1. The number of para-hydroxylation sites is 1. The zero-order valence-corrected chi connectivity index (χ0v) is 14.0. The van der Waals surface area contributed by atoms with Crippen molar-refractivity contribution in [3.05, 3.63) is 96.1 Å². The maximum absolute atomic E-state index is 10.2. The quantitative estimate of drug-likeness (QED) is 0.519. The lowest BCUT2D eigenvalue weighted by Crippen LogP contribution is -2.21. The third kappa shape index (κ3) is 2.42. The molecule has 4 rings (SSSR count). The second-order valence-electron chi connectivity index (χ2n) is 6.39. The fourth-order valence-electron chi connectivity index (χ4n) is 3.52. The van der Waals surface area contributed by atoms with Gasteiger partial charge in [0.25, 0.3) is 0 Å². The predicted molar refractivity (Wildman–Crippen MR) is 102 cm³/mol. The van der Waals surface area contributed by atoms with Gasteiger partial charge in [-0.05, 0) is 24.1 Å². The lowest BCUT2D eigenvalue weighted by atomic mass is 9.75. The second kappa shape index (κ2) is 5.96. The molecule has 2 heteroatoms. The molecule has 120 valence electrons. The highest BCUT2D eigenvalue weighted by Crippen LogP contribution is 2.42. The lowest BCUT2D eigenvalue weighted by Gasteiger charge is -2.24. The third-order valence-electron chi connectivity index (χ3n) is 4.84. The number of rotatable bonds is 3. The molecule has 1 heterocycles. The highest BCUT2D eigenvalue weighted by atomic mass is 14.7. The number of aromatic amines is 1. The minimum Gasteiger partial charge on any atom is -0.354 e. The molecule has 0 bridgehead atoms. The number of H-pyrrole nitrogens is 1. The van der Waals surface area contributed by atoms with Gasteiger partial charge in [0, 0.05) is 16.5 Å². The predicted octanol–water partition coefficient (Wildman–Crippen LogP) is 5.66. The third-order valence-corrected chi connectivity index (χ3v) is 4.84. The molecule has 0 fully saturated rings. The van der Waals surface area contributed by atoms with Gasteiger partial charge in [-0.1, -0.05) is 78.9 Å². The second-order valence-corrected chi connectivity index (χ2v) is 6.39. The number of nitrogens with zero attached hydrogens (tertiary/aromatic N) is 1. The van der Waals surface area contributed by atoms with Crippen LogP contribution >= 0.6 is 0 Å². The minimum absolute atomic E-state index is 0.744. The zero-order valence-electron chi connectivity index (χ0n) is 14.0. The molecule has 0 radical (unpaired) electrons. The van der Waals surface area contributed by atoms with Crippen molar-refractivity contribution in [1.29, 1.82) is 5.26 Å². The van der Waals surface area contributed by atoms with Gasteiger partial charge in [0.1, 0.15) is 5.41 Å². The smallest absolute Gasteiger partial charge is 0.107 e. The maximum atomic E-state index is 10.2. The van der Waals surface area contributed by atoms with Crippen molar-refractivity contribution in [1.82, 2.24) is 4.98 Å². The summed E-state index contributed by atoms with van der Waals surface area (Å²) in [4.78, 5) is 3.54. The Kier molecular flexibility index (Phi) is 3.63. The van der Waals surface area contributed by atoms with Crippen molar-refractivity contribution < 1.29 is 0 Å². The van der Waals surface area contributed by atoms with E-state index in [9.17, 15) is 5.26 Å². The van der Waals surface area contributed by atoms with E-state index < -0.39 is 5.41 Å². The zero-order chi connectivity index (χ0) is 17.3. The lowest BCUT2D eigenvalue weighted by molar-refractivity contribution is 0.750. The van der Waals surface area contributed by atoms with Gasteiger partial charge in [-0.3, -0.25) is 0 Å². The summed E-state index contributed by atoms with van der Waals surface area (Å²) in [5.74, 6) is 0. The topological polar surface area (TPSA) is 39.6 Å². The van der Waals surface area contributed by atoms with Crippen LogP contribution in [0.2, 0.25) is 0 Å². The van der Waals surface area contributed by atoms with Gasteiger partial charge < -0.3 is 4.98 Å². The van der Waals surface area contributed by atoms with E-state index in [0.29, 0.717) is 0 Å². The fraction of sp³-hybridized carbons (Fsp3) is 0.0870. The van der Waals surface area contributed by atoms with E-state index in [2.05, 4.69) is 35.3 Å². The van der Waals surface area contributed by atoms with Gasteiger partial charge in [-0.25, -0.2) is 0 Å². The van der Waals surface area contributed by atoms with E-state index in [-0.39, 0.29) is 0 Å². The highest BCUT2D eigenvalue weighted by molar-refractivity contribution is 5.93. The van der Waals surface area contributed by atoms with Crippen molar-refractivity contribution in [2.45, 2.75) is 12.3 Å². The molecule has 3 aromatic carbocycles. The summed E-state index contributed by atoms with van der Waals surface area (Å²) < 4.78 is 0. The van der Waals surface area contributed by atoms with Crippen LogP contribution in [0.1, 0.15) is 18.1 Å². The van der Waals surface area contributed by atoms with Gasteiger partial charge in [0.2, 0.25) is 0 Å². The summed E-state index contributed by atoms with van der Waals surface area (Å²) in [5, 5.41) is 11.3. The molecule has 1 atom stereocenters. The van der Waals surface area contributed by atoms with Crippen LogP contribution in [0.4, 0.5) is 0 Å². The Morgan fingerprint density at radius 2 is 1.40 bits per heavy atom. The molecule has 1 N–H and O–H groups in total. The molecule has 0 aliphatic heterocycles. The normalized spacial score (nSPS) is 13.3. The van der Waals surface area contributed by atoms with Crippen LogP contribution in [0, 0.1) is 11.3 Å². The molecule has 25 heavy (non-hydrogen) atoms. The molecule has 0 saturated carbocycles. The Balaban J connectivity index is 2.08. The van der Waals surface area contributed by atoms with E-state index in [0.717, 1.165) is 33.3 Å². The fourth-order valence-corrected chi connectivity index (χ4v) is 3.52. The molecule has 2 nitrogen and oxygen atoms in total. The molecule has 0 aliphatic rings. The summed E-state index contributed by atoms with van der Waals surface area (Å²) in [5.41, 5.74) is 4.43. The standard InChI is InChI=1S/C23H18N2/c1-23(16-24,18-12-6-3-7-13-18)21-19-14-8-9-15-20(19)25-22(21)17-10-4-2-5-11-17/h2-15,25H,1H3. The van der Waals surface area contributed by atoms with Crippen LogP contribution in [-0.2, 0) is 5.41 Å². The van der Waals surface area contributed by atoms with Crippen LogP contribution in [0.25, 0.3) is 22.2 Å². The molecular formula is C23H18N2. The summed E-state index contributed by atoms with van der Waals surface area (Å²) in [6.07, 6.45) is 0. The van der Waals surface area contributed by atoms with E-state index >= 15 is 0 Å². The van der Waals surface area contributed by atoms with E-state index in [1.165, 1.54) is 0 Å². The van der Waals surface area contributed by atoms with Crippen LogP contribution < -0.4 is 0 Å². The van der Waals surface area contributed by atoms with Crippen molar-refractivity contribution >= 4 is 10.9 Å². The Bertz CT molecular complexity index is 1060. The van der Waals surface area contributed by atoms with Crippen LogP contribution in [0.15, 0.2) is 84.9 Å². The first-order valence-electron chi connectivity index (χ1n) is 8.37. The summed E-state index contributed by atoms with van der Waals surface area (Å²) in [7, 11) is 0. The number of hydrogen-bond donors (Lipinski definition) is 1. The number of hydrogen-bond acceptors (Lipinski definition) is 1. The Labute approximate surface area is 147 Å².